The standard InChI is InChI=1S/C23H22F3NO3/c1-2-29-17-6-8-18(9-7-17)30-21-10-5-16(23(24,25)26)13-20(21)27-22(28)19-12-14-3-4-15(19)11-14/h3-10,13-15,19H,2,11-12H2,1H3,(H,27,28)/t14-,15+,19+/m1/s1. The minimum atomic E-state index is -4.52. The van der Waals surface area contributed by atoms with E-state index in [0.717, 1.165) is 25.0 Å². The summed E-state index contributed by atoms with van der Waals surface area (Å²) in [5, 5.41) is 2.68. The highest BCUT2D eigenvalue weighted by Crippen LogP contribution is 2.44. The summed E-state index contributed by atoms with van der Waals surface area (Å²) in [6.07, 6.45) is 1.27. The third-order valence-electron chi connectivity index (χ3n) is 5.54. The highest BCUT2D eigenvalue weighted by molar-refractivity contribution is 5.94. The molecule has 4 nitrogen and oxygen atoms in total. The average molecular weight is 417 g/mol. The summed E-state index contributed by atoms with van der Waals surface area (Å²) in [4.78, 5) is 12.8. The molecule has 1 fully saturated rings. The number of rotatable bonds is 6. The zero-order chi connectivity index (χ0) is 21.3. The fraction of sp³-hybridized carbons (Fsp3) is 0.348. The largest absolute Gasteiger partial charge is 0.494 e. The van der Waals surface area contributed by atoms with Gasteiger partial charge in [0.05, 0.1) is 17.9 Å². The van der Waals surface area contributed by atoms with E-state index in [1.807, 2.05) is 13.0 Å². The van der Waals surface area contributed by atoms with Gasteiger partial charge in [-0.05, 0) is 74.1 Å². The summed E-state index contributed by atoms with van der Waals surface area (Å²) >= 11 is 0. The fourth-order valence-electron chi connectivity index (χ4n) is 4.10. The number of amides is 1. The highest BCUT2D eigenvalue weighted by Gasteiger charge is 2.40. The van der Waals surface area contributed by atoms with Gasteiger partial charge in [0, 0.05) is 5.92 Å². The molecule has 2 aromatic rings. The number of anilines is 1. The Kier molecular flexibility index (Phi) is 5.45. The van der Waals surface area contributed by atoms with Crippen LogP contribution in [0.2, 0.25) is 0 Å². The van der Waals surface area contributed by atoms with Crippen LogP contribution in [0, 0.1) is 17.8 Å². The Labute approximate surface area is 172 Å². The molecule has 2 aromatic carbocycles. The molecule has 0 radical (unpaired) electrons. The summed E-state index contributed by atoms with van der Waals surface area (Å²) in [6, 6.07) is 9.84. The van der Waals surface area contributed by atoms with Gasteiger partial charge in [-0.2, -0.15) is 13.2 Å². The number of allylic oxidation sites excluding steroid dienone is 2. The number of benzene rings is 2. The van der Waals surface area contributed by atoms with Gasteiger partial charge in [-0.25, -0.2) is 0 Å². The van der Waals surface area contributed by atoms with Crippen LogP contribution in [0.15, 0.2) is 54.6 Å². The van der Waals surface area contributed by atoms with Crippen LogP contribution in [0.25, 0.3) is 0 Å². The first-order chi connectivity index (χ1) is 14.3. The molecule has 0 aliphatic heterocycles. The minimum absolute atomic E-state index is 0.00969. The van der Waals surface area contributed by atoms with Crippen molar-refractivity contribution in [3.63, 3.8) is 0 Å². The summed E-state index contributed by atoms with van der Waals surface area (Å²) in [5.74, 6) is 1.27. The Morgan fingerprint density at radius 3 is 2.40 bits per heavy atom. The molecule has 30 heavy (non-hydrogen) atoms. The van der Waals surface area contributed by atoms with E-state index in [4.69, 9.17) is 9.47 Å². The molecular weight excluding hydrogens is 395 g/mol. The maximum absolute atomic E-state index is 13.2. The molecule has 158 valence electrons. The van der Waals surface area contributed by atoms with E-state index in [1.165, 1.54) is 6.07 Å². The molecule has 2 bridgehead atoms. The molecular formula is C23H22F3NO3. The first-order valence-corrected chi connectivity index (χ1v) is 9.94. The lowest BCUT2D eigenvalue weighted by atomic mass is 9.92. The van der Waals surface area contributed by atoms with Crippen LogP contribution in [-0.2, 0) is 11.0 Å². The van der Waals surface area contributed by atoms with Gasteiger partial charge >= 0.3 is 6.18 Å². The van der Waals surface area contributed by atoms with Gasteiger partial charge in [0.1, 0.15) is 11.5 Å². The predicted octanol–water partition coefficient (Wildman–Crippen LogP) is 6.05. The lowest BCUT2D eigenvalue weighted by Gasteiger charge is -2.20. The van der Waals surface area contributed by atoms with E-state index >= 15 is 0 Å². The zero-order valence-electron chi connectivity index (χ0n) is 16.4. The smallest absolute Gasteiger partial charge is 0.416 e. The van der Waals surface area contributed by atoms with Crippen LogP contribution in [0.1, 0.15) is 25.3 Å². The second-order valence-electron chi connectivity index (χ2n) is 7.59. The number of fused-ring (bicyclic) bond motifs is 2. The third-order valence-corrected chi connectivity index (χ3v) is 5.54. The van der Waals surface area contributed by atoms with Crippen LogP contribution >= 0.6 is 0 Å². The molecule has 4 rings (SSSR count). The number of halogens is 3. The number of nitrogens with one attached hydrogen (secondary N) is 1. The molecule has 1 saturated carbocycles. The van der Waals surface area contributed by atoms with Crippen molar-refractivity contribution in [2.75, 3.05) is 11.9 Å². The molecule has 7 heteroatoms. The molecule has 2 aliphatic rings. The van der Waals surface area contributed by atoms with E-state index in [0.29, 0.717) is 24.0 Å². The number of carbonyl (C=O) groups excluding carboxylic acids is 1. The van der Waals surface area contributed by atoms with Gasteiger partial charge in [-0.15, -0.1) is 0 Å². The van der Waals surface area contributed by atoms with Crippen molar-refractivity contribution in [2.24, 2.45) is 17.8 Å². The highest BCUT2D eigenvalue weighted by atomic mass is 19.4. The van der Waals surface area contributed by atoms with Crippen molar-refractivity contribution in [3.05, 3.63) is 60.2 Å². The summed E-state index contributed by atoms with van der Waals surface area (Å²) in [7, 11) is 0. The van der Waals surface area contributed by atoms with Gasteiger partial charge in [0.15, 0.2) is 5.75 Å². The Morgan fingerprint density at radius 1 is 1.07 bits per heavy atom. The zero-order valence-corrected chi connectivity index (χ0v) is 16.4. The molecule has 0 aromatic heterocycles. The first-order valence-electron chi connectivity index (χ1n) is 9.94. The summed E-state index contributed by atoms with van der Waals surface area (Å²) in [5.41, 5.74) is -0.833. The van der Waals surface area contributed by atoms with Gasteiger partial charge < -0.3 is 14.8 Å². The summed E-state index contributed by atoms with van der Waals surface area (Å²) < 4.78 is 50.8. The van der Waals surface area contributed by atoms with Crippen molar-refractivity contribution in [2.45, 2.75) is 25.9 Å². The van der Waals surface area contributed by atoms with Gasteiger partial charge in [-0.3, -0.25) is 4.79 Å². The lowest BCUT2D eigenvalue weighted by molar-refractivity contribution is -0.137. The number of hydrogen-bond donors (Lipinski definition) is 1. The van der Waals surface area contributed by atoms with E-state index in [-0.39, 0.29) is 29.2 Å². The molecule has 1 N–H and O–H groups in total. The van der Waals surface area contributed by atoms with Gasteiger partial charge in [0.2, 0.25) is 5.91 Å². The lowest BCUT2D eigenvalue weighted by Crippen LogP contribution is -2.26. The average Bonchev–Trinajstić information content (AvgIpc) is 3.34. The van der Waals surface area contributed by atoms with Crippen molar-refractivity contribution in [1.29, 1.82) is 0 Å². The maximum atomic E-state index is 13.2. The van der Waals surface area contributed by atoms with Crippen LogP contribution in [0.3, 0.4) is 0 Å². The van der Waals surface area contributed by atoms with Crippen molar-refractivity contribution < 1.29 is 27.4 Å². The normalized spacial score (nSPS) is 22.2. The van der Waals surface area contributed by atoms with Gasteiger partial charge in [-0.1, -0.05) is 12.2 Å². The van der Waals surface area contributed by atoms with Crippen LogP contribution in [-0.4, -0.2) is 12.5 Å². The number of hydrogen-bond acceptors (Lipinski definition) is 3. The topological polar surface area (TPSA) is 47.6 Å². The van der Waals surface area contributed by atoms with Crippen LogP contribution in [0.4, 0.5) is 18.9 Å². The molecule has 2 aliphatic carbocycles. The second-order valence-corrected chi connectivity index (χ2v) is 7.59. The number of carbonyl (C=O) groups is 1. The van der Waals surface area contributed by atoms with Crippen molar-refractivity contribution >= 4 is 11.6 Å². The molecule has 0 unspecified atom stereocenters. The van der Waals surface area contributed by atoms with Gasteiger partial charge in [0.25, 0.3) is 0 Å². The minimum Gasteiger partial charge on any atom is -0.494 e. The van der Waals surface area contributed by atoms with E-state index in [2.05, 4.69) is 11.4 Å². The van der Waals surface area contributed by atoms with E-state index in [1.54, 1.807) is 24.3 Å². The molecule has 0 spiro atoms. The molecule has 0 heterocycles. The summed E-state index contributed by atoms with van der Waals surface area (Å²) in [6.45, 7) is 2.39. The Hall–Kier alpha value is -2.96. The Balaban J connectivity index is 1.57. The monoisotopic (exact) mass is 417 g/mol. The SMILES string of the molecule is CCOc1ccc(Oc2ccc(C(F)(F)F)cc2NC(=O)[C@H]2C[C@@H]3C=C[C@H]2C3)cc1. The Bertz CT molecular complexity index is 953. The van der Waals surface area contributed by atoms with Crippen LogP contribution < -0.4 is 14.8 Å². The van der Waals surface area contributed by atoms with Crippen molar-refractivity contribution in [1.82, 2.24) is 0 Å². The number of ether oxygens (including phenoxy) is 2. The van der Waals surface area contributed by atoms with Crippen molar-refractivity contribution in [3.8, 4) is 17.2 Å². The third kappa shape index (κ3) is 4.30. The fourth-order valence-corrected chi connectivity index (χ4v) is 4.10. The quantitative estimate of drug-likeness (QED) is 0.583. The molecule has 1 amide bonds. The molecule has 3 atom stereocenters. The Morgan fingerprint density at radius 2 is 1.80 bits per heavy atom. The van der Waals surface area contributed by atoms with E-state index < -0.39 is 11.7 Å². The first kappa shape index (κ1) is 20.3. The number of alkyl halides is 3. The van der Waals surface area contributed by atoms with E-state index in [9.17, 15) is 18.0 Å². The predicted molar refractivity (Wildman–Crippen MR) is 107 cm³/mol. The van der Waals surface area contributed by atoms with Crippen LogP contribution in [0.5, 0.6) is 17.2 Å². The molecule has 0 saturated heterocycles. The maximum Gasteiger partial charge on any atom is 0.416 e. The second kappa shape index (κ2) is 8.05.